The van der Waals surface area contributed by atoms with Gasteiger partial charge >= 0.3 is 0 Å². The highest BCUT2D eigenvalue weighted by Gasteiger charge is 1.90. The predicted octanol–water partition coefficient (Wildman–Crippen LogP) is 0.758. The number of fused-ring (bicyclic) bond motifs is 1. The Bertz CT molecular complexity index is 282. The van der Waals surface area contributed by atoms with Crippen LogP contribution in [0.3, 0.4) is 0 Å². The first kappa shape index (κ1) is 4.49. The second-order valence-electron chi connectivity index (χ2n) is 1.76. The number of hydrogen-bond donors (Lipinski definition) is 1. The van der Waals surface area contributed by atoms with E-state index in [9.17, 15) is 0 Å². The van der Waals surface area contributed by atoms with E-state index in [1.54, 1.807) is 6.07 Å². The Morgan fingerprint density at radius 3 is 3.44 bits per heavy atom. The van der Waals surface area contributed by atoms with E-state index >= 15 is 0 Å². The van der Waals surface area contributed by atoms with Crippen molar-refractivity contribution in [3.05, 3.63) is 24.5 Å². The van der Waals surface area contributed by atoms with Crippen LogP contribution in [0.4, 0.5) is 0 Å². The summed E-state index contributed by atoms with van der Waals surface area (Å²) in [4.78, 5) is 2.93. The van der Waals surface area contributed by atoms with Crippen LogP contribution >= 0.6 is 0 Å². The summed E-state index contributed by atoms with van der Waals surface area (Å²) in [5.74, 6) is 0. The van der Waals surface area contributed by atoms with Crippen molar-refractivity contribution in [2.75, 3.05) is 0 Å². The average Bonchev–Trinajstić information content (AvgIpc) is 2.33. The lowest BCUT2D eigenvalue weighted by atomic mass is 10.4. The van der Waals surface area contributed by atoms with E-state index in [4.69, 9.17) is 0 Å². The molecule has 2 aromatic heterocycles. The van der Waals surface area contributed by atoms with Gasteiger partial charge in [-0.25, -0.2) is 0 Å². The third kappa shape index (κ3) is 0.579. The molecule has 0 aliphatic carbocycles. The molecule has 0 unspecified atom stereocenters. The van der Waals surface area contributed by atoms with Crippen LogP contribution in [0.25, 0.3) is 11.0 Å². The molecule has 3 nitrogen and oxygen atoms in total. The Labute approximate surface area is 51.7 Å². The Morgan fingerprint density at radius 1 is 1.56 bits per heavy atom. The standard InChI is InChI=1S/C6H4N3/c1-3-7-6-5(1)2-4-8-9-6/h1-3H,(H,7,9). The molecule has 0 amide bonds. The van der Waals surface area contributed by atoms with Crippen molar-refractivity contribution in [3.8, 4) is 0 Å². The van der Waals surface area contributed by atoms with Crippen LogP contribution < -0.4 is 0 Å². The molecule has 9 heavy (non-hydrogen) atoms. The largest absolute Gasteiger partial charge is 0.345 e. The summed E-state index contributed by atoms with van der Waals surface area (Å²) in [6, 6.07) is 3.72. The number of aromatic nitrogens is 3. The van der Waals surface area contributed by atoms with Crippen molar-refractivity contribution < 1.29 is 0 Å². The maximum Gasteiger partial charge on any atom is 0.160 e. The summed E-state index contributed by atoms with van der Waals surface area (Å²) in [6.45, 7) is 0. The molecule has 0 bridgehead atoms. The van der Waals surface area contributed by atoms with Gasteiger partial charge in [0.05, 0.1) is 0 Å². The minimum absolute atomic E-state index is 0.814. The molecule has 0 spiro atoms. The highest BCUT2D eigenvalue weighted by atomic mass is 15.1. The second kappa shape index (κ2) is 1.55. The van der Waals surface area contributed by atoms with Gasteiger partial charge < -0.3 is 4.98 Å². The molecular formula is C6H4N3. The quantitative estimate of drug-likeness (QED) is 0.554. The smallest absolute Gasteiger partial charge is 0.160 e. The number of rotatable bonds is 0. The molecule has 0 fully saturated rings. The van der Waals surface area contributed by atoms with Gasteiger partial charge in [-0.2, -0.15) is 0 Å². The van der Waals surface area contributed by atoms with Crippen molar-refractivity contribution >= 4 is 11.0 Å². The van der Waals surface area contributed by atoms with Crippen molar-refractivity contribution in [2.24, 2.45) is 0 Å². The van der Waals surface area contributed by atoms with Gasteiger partial charge in [-0.1, -0.05) is 0 Å². The zero-order valence-electron chi connectivity index (χ0n) is 4.63. The Hall–Kier alpha value is -1.38. The average molecular weight is 118 g/mol. The van der Waals surface area contributed by atoms with E-state index in [1.807, 2.05) is 12.3 Å². The van der Waals surface area contributed by atoms with Gasteiger partial charge in [0.2, 0.25) is 0 Å². The number of aromatic amines is 1. The van der Waals surface area contributed by atoms with Crippen molar-refractivity contribution in [1.82, 2.24) is 15.2 Å². The summed E-state index contributed by atoms with van der Waals surface area (Å²) in [6.07, 6.45) is 4.47. The minimum atomic E-state index is 0.814. The maximum absolute atomic E-state index is 3.78. The van der Waals surface area contributed by atoms with E-state index in [0.717, 1.165) is 11.0 Å². The number of hydrogen-bond acceptors (Lipinski definition) is 2. The molecular weight excluding hydrogens is 114 g/mol. The SMILES string of the molecule is [c]1cc2cc[nH]c2nn1. The predicted molar refractivity (Wildman–Crippen MR) is 32.7 cm³/mol. The highest BCUT2D eigenvalue weighted by molar-refractivity contribution is 5.73. The first-order chi connectivity index (χ1) is 4.47. The van der Waals surface area contributed by atoms with Gasteiger partial charge in [0, 0.05) is 11.6 Å². The molecule has 43 valence electrons. The molecule has 0 saturated heterocycles. The van der Waals surface area contributed by atoms with Crippen molar-refractivity contribution in [3.63, 3.8) is 0 Å². The third-order valence-corrected chi connectivity index (χ3v) is 1.18. The molecule has 0 aliphatic rings. The first-order valence-corrected chi connectivity index (χ1v) is 2.64. The molecule has 2 heterocycles. The van der Waals surface area contributed by atoms with E-state index < -0.39 is 0 Å². The van der Waals surface area contributed by atoms with E-state index in [-0.39, 0.29) is 0 Å². The topological polar surface area (TPSA) is 41.6 Å². The maximum atomic E-state index is 3.78. The summed E-state index contributed by atoms with van der Waals surface area (Å²) >= 11 is 0. The Kier molecular flexibility index (Phi) is 0.773. The van der Waals surface area contributed by atoms with Crippen molar-refractivity contribution in [2.45, 2.75) is 0 Å². The fourth-order valence-corrected chi connectivity index (χ4v) is 0.753. The molecule has 2 rings (SSSR count). The van der Waals surface area contributed by atoms with Gasteiger partial charge in [0.1, 0.15) is 6.20 Å². The zero-order valence-corrected chi connectivity index (χ0v) is 4.63. The fourth-order valence-electron chi connectivity index (χ4n) is 0.753. The van der Waals surface area contributed by atoms with E-state index in [0.29, 0.717) is 0 Å². The Balaban J connectivity index is 2.95. The van der Waals surface area contributed by atoms with Gasteiger partial charge in [-0.15, -0.1) is 10.2 Å². The molecule has 1 N–H and O–H groups in total. The van der Waals surface area contributed by atoms with Crippen molar-refractivity contribution in [1.29, 1.82) is 0 Å². The summed E-state index contributed by atoms with van der Waals surface area (Å²) in [5.41, 5.74) is 0.814. The molecule has 0 aliphatic heterocycles. The van der Waals surface area contributed by atoms with Gasteiger partial charge in [0.15, 0.2) is 5.65 Å². The number of nitrogens with one attached hydrogen (secondary N) is 1. The minimum Gasteiger partial charge on any atom is -0.345 e. The number of H-pyrrole nitrogens is 1. The van der Waals surface area contributed by atoms with Crippen LogP contribution in [-0.2, 0) is 0 Å². The summed E-state index contributed by atoms with van der Waals surface area (Å²) < 4.78 is 0. The Morgan fingerprint density at radius 2 is 2.56 bits per heavy atom. The fraction of sp³-hybridized carbons (Fsp3) is 0. The van der Waals surface area contributed by atoms with Gasteiger partial charge in [-0.3, -0.25) is 0 Å². The summed E-state index contributed by atoms with van der Waals surface area (Å²) in [5, 5.41) is 8.41. The summed E-state index contributed by atoms with van der Waals surface area (Å²) in [7, 11) is 0. The lowest BCUT2D eigenvalue weighted by molar-refractivity contribution is 1.05. The molecule has 0 atom stereocenters. The van der Waals surface area contributed by atoms with Crippen LogP contribution in [0.5, 0.6) is 0 Å². The lowest BCUT2D eigenvalue weighted by Crippen LogP contribution is -1.78. The van der Waals surface area contributed by atoms with Crippen LogP contribution in [0.2, 0.25) is 0 Å². The molecule has 0 saturated carbocycles. The van der Waals surface area contributed by atoms with Crippen LogP contribution in [0.1, 0.15) is 0 Å². The van der Waals surface area contributed by atoms with Crippen LogP contribution in [-0.4, -0.2) is 15.2 Å². The van der Waals surface area contributed by atoms with Crippen LogP contribution in [0, 0.1) is 6.20 Å². The van der Waals surface area contributed by atoms with Gasteiger partial charge in [-0.05, 0) is 12.1 Å². The normalized spacial score (nSPS) is 10.2. The van der Waals surface area contributed by atoms with E-state index in [1.165, 1.54) is 0 Å². The molecule has 0 aromatic carbocycles. The second-order valence-corrected chi connectivity index (χ2v) is 1.76. The van der Waals surface area contributed by atoms with Crippen LogP contribution in [0.15, 0.2) is 18.3 Å². The molecule has 2 aromatic rings. The third-order valence-electron chi connectivity index (χ3n) is 1.18. The lowest BCUT2D eigenvalue weighted by Gasteiger charge is -1.80. The molecule has 1 radical (unpaired) electrons. The first-order valence-electron chi connectivity index (χ1n) is 2.64. The number of nitrogens with zero attached hydrogens (tertiary/aromatic N) is 2. The highest BCUT2D eigenvalue weighted by Crippen LogP contribution is 2.03. The monoisotopic (exact) mass is 118 g/mol. The molecule has 3 heteroatoms. The van der Waals surface area contributed by atoms with E-state index in [2.05, 4.69) is 21.4 Å². The zero-order chi connectivity index (χ0) is 6.10. The van der Waals surface area contributed by atoms with Gasteiger partial charge in [0.25, 0.3) is 0 Å².